The molecule has 3 heterocycles. The van der Waals surface area contributed by atoms with Crippen molar-refractivity contribution in [2.45, 2.75) is 9.79 Å². The smallest absolute Gasteiger partial charge is 0.264 e. The van der Waals surface area contributed by atoms with Crippen LogP contribution < -0.4 is 15.2 Å². The number of fused-ring (bicyclic) bond motifs is 2. The fourth-order valence-corrected chi connectivity index (χ4v) is 6.29. The van der Waals surface area contributed by atoms with E-state index in [1.807, 2.05) is 24.3 Å². The summed E-state index contributed by atoms with van der Waals surface area (Å²) in [5.41, 5.74) is 10.2. The van der Waals surface area contributed by atoms with Crippen molar-refractivity contribution >= 4 is 54.4 Å². The summed E-state index contributed by atoms with van der Waals surface area (Å²) in [4.78, 5) is 13.5. The van der Waals surface area contributed by atoms with Crippen LogP contribution in [0.15, 0.2) is 107 Å². The number of hydrogen-bond donors (Lipinski definition) is 3. The van der Waals surface area contributed by atoms with Crippen molar-refractivity contribution in [1.29, 1.82) is 0 Å². The molecule has 0 saturated carbocycles. The number of anilines is 2. The second-order valence-corrected chi connectivity index (χ2v) is 11.9. The van der Waals surface area contributed by atoms with E-state index in [2.05, 4.69) is 19.7 Å². The predicted molar refractivity (Wildman–Crippen MR) is 163 cm³/mol. The third kappa shape index (κ3) is 5.14. The molecule has 0 bridgehead atoms. The van der Waals surface area contributed by atoms with Crippen molar-refractivity contribution in [3.8, 4) is 28.1 Å². The lowest BCUT2D eigenvalue weighted by molar-refractivity contribution is 0.400. The second kappa shape index (κ2) is 10.8. The molecule has 42 heavy (non-hydrogen) atoms. The number of hydrogen-bond acceptors (Lipinski definition) is 8. The highest BCUT2D eigenvalue weighted by Gasteiger charge is 2.21. The van der Waals surface area contributed by atoms with Crippen molar-refractivity contribution < 1.29 is 21.9 Å². The molecule has 210 valence electrons. The molecule has 0 radical (unpaired) electrons. The molecule has 4 N–H and O–H groups in total. The molecule has 0 aliphatic heterocycles. The minimum absolute atomic E-state index is 0.0354. The van der Waals surface area contributed by atoms with Crippen LogP contribution in [0.4, 0.5) is 11.5 Å². The number of rotatable bonds is 7. The Balaban J connectivity index is 1.39. The number of methoxy groups -OCH3 is 1. The van der Waals surface area contributed by atoms with E-state index in [0.29, 0.717) is 33.4 Å². The number of nitrogens with zero attached hydrogens (tertiary/aromatic N) is 3. The minimum atomic E-state index is -4.05. The summed E-state index contributed by atoms with van der Waals surface area (Å²) in [6.07, 6.45) is 3.14. The molecule has 1 unspecified atom stereocenters. The molecular weight excluding hydrogens is 574 g/mol. The van der Waals surface area contributed by atoms with Crippen LogP contribution in [0, 0.1) is 0 Å². The van der Waals surface area contributed by atoms with Gasteiger partial charge in [0.05, 0.1) is 23.0 Å². The lowest BCUT2D eigenvalue weighted by Crippen LogP contribution is -2.15. The first-order valence-corrected chi connectivity index (χ1v) is 15.1. The van der Waals surface area contributed by atoms with Gasteiger partial charge in [0, 0.05) is 34.3 Å². The fourth-order valence-electron chi connectivity index (χ4n) is 4.69. The highest BCUT2D eigenvalue weighted by molar-refractivity contribution is 7.93. The minimum Gasteiger partial charge on any atom is -0.480 e. The van der Waals surface area contributed by atoms with Crippen LogP contribution in [0.5, 0.6) is 5.88 Å². The molecule has 6 aromatic rings. The summed E-state index contributed by atoms with van der Waals surface area (Å²) in [6.45, 7) is 0. The van der Waals surface area contributed by atoms with Crippen molar-refractivity contribution in [2.75, 3.05) is 17.6 Å². The topological polar surface area (TPSA) is 157 Å². The number of pyridine rings is 3. The highest BCUT2D eigenvalue weighted by atomic mass is 32.2. The van der Waals surface area contributed by atoms with Gasteiger partial charge in [-0.1, -0.05) is 36.4 Å². The normalized spacial score (nSPS) is 12.3. The number of nitrogens with one attached hydrogen (secondary N) is 1. The maximum atomic E-state index is 13.5. The van der Waals surface area contributed by atoms with E-state index in [4.69, 9.17) is 10.5 Å². The quantitative estimate of drug-likeness (QED) is 0.203. The van der Waals surface area contributed by atoms with Gasteiger partial charge in [-0.25, -0.2) is 22.6 Å². The van der Waals surface area contributed by atoms with Gasteiger partial charge < -0.3 is 15.0 Å². The van der Waals surface area contributed by atoms with Gasteiger partial charge in [-0.15, -0.1) is 0 Å². The summed E-state index contributed by atoms with van der Waals surface area (Å²) in [5, 5.41) is 1.48. The van der Waals surface area contributed by atoms with Crippen LogP contribution in [0.1, 0.15) is 0 Å². The number of benzene rings is 3. The van der Waals surface area contributed by atoms with Gasteiger partial charge in [0.15, 0.2) is 11.1 Å². The zero-order chi connectivity index (χ0) is 29.4. The molecule has 3 aromatic heterocycles. The van der Waals surface area contributed by atoms with E-state index in [1.165, 1.54) is 13.2 Å². The number of para-hydroxylation sites is 1. The van der Waals surface area contributed by atoms with Gasteiger partial charge in [-0.05, 0) is 59.7 Å². The van der Waals surface area contributed by atoms with Gasteiger partial charge in [0.25, 0.3) is 10.0 Å². The number of sulfonamides is 1. The van der Waals surface area contributed by atoms with Crippen LogP contribution >= 0.6 is 0 Å². The molecule has 0 saturated heterocycles. The number of nitrogen functional groups attached to an aromatic ring is 1. The molecule has 0 amide bonds. The van der Waals surface area contributed by atoms with Crippen molar-refractivity contribution in [3.63, 3.8) is 0 Å². The Bertz CT molecular complexity index is 2110. The highest BCUT2D eigenvalue weighted by Crippen LogP contribution is 2.34. The zero-order valence-corrected chi connectivity index (χ0v) is 23.7. The Morgan fingerprint density at radius 1 is 0.881 bits per heavy atom. The largest absolute Gasteiger partial charge is 0.480 e. The van der Waals surface area contributed by atoms with Crippen LogP contribution in [-0.2, 0) is 21.1 Å². The first-order valence-electron chi connectivity index (χ1n) is 12.6. The molecule has 0 spiro atoms. The van der Waals surface area contributed by atoms with E-state index in [-0.39, 0.29) is 21.4 Å². The first-order chi connectivity index (χ1) is 20.2. The average Bonchev–Trinajstić information content (AvgIpc) is 3.00. The van der Waals surface area contributed by atoms with Gasteiger partial charge in [0.2, 0.25) is 5.88 Å². The van der Waals surface area contributed by atoms with E-state index in [0.717, 1.165) is 16.5 Å². The van der Waals surface area contributed by atoms with E-state index in [9.17, 15) is 17.2 Å². The van der Waals surface area contributed by atoms with Crippen molar-refractivity contribution in [1.82, 2.24) is 15.0 Å². The monoisotopic (exact) mass is 597 g/mol. The Hall–Kier alpha value is -4.91. The lowest BCUT2D eigenvalue weighted by Gasteiger charge is -2.14. The van der Waals surface area contributed by atoms with Gasteiger partial charge in [0.1, 0.15) is 16.4 Å². The van der Waals surface area contributed by atoms with E-state index in [1.54, 1.807) is 67.0 Å². The number of nitrogens with two attached hydrogens (primary N) is 1. The Morgan fingerprint density at radius 2 is 1.64 bits per heavy atom. The van der Waals surface area contributed by atoms with Gasteiger partial charge >= 0.3 is 0 Å². The predicted octanol–water partition coefficient (Wildman–Crippen LogP) is 5.48. The summed E-state index contributed by atoms with van der Waals surface area (Å²) in [5.74, 6) is 0.430. The van der Waals surface area contributed by atoms with Crippen LogP contribution in [0.2, 0.25) is 0 Å². The standard InChI is InChI=1S/C30H23N5O5S2/c1-40-30-26(35-42(38,39)27-6-2-4-19-5-3-13-32-28(19)27)16-22(17-33-30)20-9-12-25-21(14-20)15-24(29(31)34-25)18-7-10-23(11-8-18)41(36)37/h2-17,35H,1H3,(H2,31,34)(H,36,37). The molecule has 6 rings (SSSR count). The SMILES string of the molecule is COc1ncc(-c2ccc3nc(N)c(-c4ccc(S(=O)O)cc4)cc3c2)cc1NS(=O)(=O)c1cccc2cccnc12. The van der Waals surface area contributed by atoms with Crippen LogP contribution in [-0.4, -0.2) is 39.2 Å². The Labute approximate surface area is 243 Å². The summed E-state index contributed by atoms with van der Waals surface area (Å²) >= 11 is -2.08. The Morgan fingerprint density at radius 3 is 2.40 bits per heavy atom. The Kier molecular flexibility index (Phi) is 7.02. The third-order valence-electron chi connectivity index (χ3n) is 6.72. The zero-order valence-electron chi connectivity index (χ0n) is 22.1. The second-order valence-electron chi connectivity index (χ2n) is 9.32. The first kappa shape index (κ1) is 27.3. The lowest BCUT2D eigenvalue weighted by atomic mass is 10.0. The van der Waals surface area contributed by atoms with E-state index < -0.39 is 21.1 Å². The maximum absolute atomic E-state index is 13.5. The molecule has 0 aliphatic carbocycles. The molecule has 12 heteroatoms. The molecule has 3 aromatic carbocycles. The molecular formula is C30H23N5O5S2. The fraction of sp³-hybridized carbons (Fsp3) is 0.0333. The molecule has 0 fully saturated rings. The molecule has 10 nitrogen and oxygen atoms in total. The maximum Gasteiger partial charge on any atom is 0.264 e. The molecule has 0 aliphatic rings. The van der Waals surface area contributed by atoms with E-state index >= 15 is 0 Å². The van der Waals surface area contributed by atoms with Gasteiger partial charge in [-0.2, -0.15) is 0 Å². The summed E-state index contributed by atoms with van der Waals surface area (Å²) in [7, 11) is -2.63. The summed E-state index contributed by atoms with van der Waals surface area (Å²) in [6, 6.07) is 24.2. The summed E-state index contributed by atoms with van der Waals surface area (Å²) < 4.78 is 55.6. The number of aromatic nitrogens is 3. The van der Waals surface area contributed by atoms with Crippen LogP contribution in [0.3, 0.4) is 0 Å². The van der Waals surface area contributed by atoms with Crippen molar-refractivity contribution in [3.05, 3.63) is 97.3 Å². The average molecular weight is 598 g/mol. The third-order valence-corrected chi connectivity index (χ3v) is 8.79. The van der Waals surface area contributed by atoms with Gasteiger partial charge in [-0.3, -0.25) is 9.71 Å². The molecule has 1 atom stereocenters. The number of ether oxygens (including phenoxy) is 1. The van der Waals surface area contributed by atoms with Crippen molar-refractivity contribution in [2.24, 2.45) is 0 Å². The van der Waals surface area contributed by atoms with Crippen LogP contribution in [0.25, 0.3) is 44.1 Å².